The van der Waals surface area contributed by atoms with Crippen molar-refractivity contribution in [3.05, 3.63) is 64.7 Å². The first-order chi connectivity index (χ1) is 20.2. The lowest BCUT2D eigenvalue weighted by Crippen LogP contribution is -2.35. The molecule has 1 aliphatic carbocycles. The molecule has 3 atom stereocenters. The highest BCUT2D eigenvalue weighted by atomic mass is 35.5. The highest BCUT2D eigenvalue weighted by molar-refractivity contribution is 7.92. The van der Waals surface area contributed by atoms with E-state index < -0.39 is 21.3 Å². The minimum atomic E-state index is -3.77. The van der Waals surface area contributed by atoms with Gasteiger partial charge in [0.15, 0.2) is 5.82 Å². The number of hydrogen-bond donors (Lipinski definition) is 1. The van der Waals surface area contributed by atoms with Gasteiger partial charge in [0.1, 0.15) is 5.82 Å². The average molecular weight is 629 g/mol. The SMILES string of the molecule is Cc1nnc(C(=O)CN(C[C@@H]2C[C@H]2C)c2cc(-c3nnc([C@](C)(N)Cc4ccccc4)o3)c(Cl)c(N(C)S(C)(=O)=O)n2)o1. The van der Waals surface area contributed by atoms with E-state index in [-0.39, 0.29) is 52.3 Å². The lowest BCUT2D eigenvalue weighted by molar-refractivity contribution is 0.0964. The van der Waals surface area contributed by atoms with Gasteiger partial charge in [-0.25, -0.2) is 13.4 Å². The highest BCUT2D eigenvalue weighted by Gasteiger charge is 2.36. The molecule has 0 radical (unpaired) electrons. The van der Waals surface area contributed by atoms with E-state index in [1.807, 2.05) is 30.3 Å². The fraction of sp³-hybridized carbons (Fsp3) is 0.429. The molecule has 1 aromatic carbocycles. The van der Waals surface area contributed by atoms with Crippen molar-refractivity contribution in [3.63, 3.8) is 0 Å². The van der Waals surface area contributed by atoms with E-state index in [9.17, 15) is 13.2 Å². The molecule has 4 aromatic rings. The largest absolute Gasteiger partial charge is 0.419 e. The summed E-state index contributed by atoms with van der Waals surface area (Å²) in [5.74, 6) is 0.903. The van der Waals surface area contributed by atoms with Gasteiger partial charge in [0.2, 0.25) is 33.5 Å². The Bertz CT molecular complexity index is 1740. The first-order valence-corrected chi connectivity index (χ1v) is 15.9. The number of pyridine rings is 1. The van der Waals surface area contributed by atoms with E-state index in [1.165, 1.54) is 7.05 Å². The summed E-state index contributed by atoms with van der Waals surface area (Å²) < 4.78 is 37.5. The van der Waals surface area contributed by atoms with E-state index in [1.54, 1.807) is 24.8 Å². The van der Waals surface area contributed by atoms with Crippen molar-refractivity contribution < 1.29 is 22.0 Å². The lowest BCUT2D eigenvalue weighted by Gasteiger charge is -2.26. The van der Waals surface area contributed by atoms with Crippen LogP contribution in [0.5, 0.6) is 0 Å². The third kappa shape index (κ3) is 6.86. The van der Waals surface area contributed by atoms with Gasteiger partial charge in [-0.05, 0) is 43.2 Å². The molecule has 13 nitrogen and oxygen atoms in total. The highest BCUT2D eigenvalue weighted by Crippen LogP contribution is 2.41. The van der Waals surface area contributed by atoms with Crippen LogP contribution in [-0.2, 0) is 22.0 Å². The summed E-state index contributed by atoms with van der Waals surface area (Å²) in [6.07, 6.45) is 2.44. The molecule has 1 fully saturated rings. The molecule has 0 saturated heterocycles. The van der Waals surface area contributed by atoms with Crippen molar-refractivity contribution in [2.75, 3.05) is 35.6 Å². The van der Waals surface area contributed by atoms with Crippen molar-refractivity contribution in [2.45, 2.75) is 39.2 Å². The zero-order valence-corrected chi connectivity index (χ0v) is 26.1. The summed E-state index contributed by atoms with van der Waals surface area (Å²) in [6, 6.07) is 11.3. The van der Waals surface area contributed by atoms with Crippen molar-refractivity contribution >= 4 is 39.0 Å². The number of aryl methyl sites for hydroxylation is 1. The van der Waals surface area contributed by atoms with E-state index in [0.29, 0.717) is 24.8 Å². The average Bonchev–Trinajstić information content (AvgIpc) is 3.30. The van der Waals surface area contributed by atoms with Crippen LogP contribution in [0.25, 0.3) is 11.5 Å². The predicted molar refractivity (Wildman–Crippen MR) is 160 cm³/mol. The smallest absolute Gasteiger partial charge is 0.285 e. The molecule has 15 heteroatoms. The number of halogens is 1. The number of benzene rings is 1. The summed E-state index contributed by atoms with van der Waals surface area (Å²) in [7, 11) is -2.43. The van der Waals surface area contributed by atoms with E-state index in [4.69, 9.17) is 26.2 Å². The van der Waals surface area contributed by atoms with Crippen LogP contribution in [0.3, 0.4) is 0 Å². The first kappa shape index (κ1) is 30.6. The van der Waals surface area contributed by atoms with Gasteiger partial charge in [-0.2, -0.15) is 0 Å². The number of anilines is 2. The van der Waals surface area contributed by atoms with E-state index in [2.05, 4.69) is 32.3 Å². The second kappa shape index (κ2) is 11.7. The van der Waals surface area contributed by atoms with Gasteiger partial charge in [0.25, 0.3) is 5.89 Å². The maximum atomic E-state index is 13.1. The molecule has 3 aromatic heterocycles. The quantitative estimate of drug-likeness (QED) is 0.226. The third-order valence-corrected chi connectivity index (χ3v) is 8.98. The van der Waals surface area contributed by atoms with E-state index >= 15 is 0 Å². The zero-order chi connectivity index (χ0) is 31.1. The van der Waals surface area contributed by atoms with Crippen LogP contribution in [0, 0.1) is 18.8 Å². The Morgan fingerprint density at radius 3 is 2.47 bits per heavy atom. The number of rotatable bonds is 12. The second-order valence-electron chi connectivity index (χ2n) is 11.3. The van der Waals surface area contributed by atoms with Gasteiger partial charge in [0, 0.05) is 20.5 Å². The van der Waals surface area contributed by atoms with E-state index in [0.717, 1.165) is 22.5 Å². The molecule has 2 N–H and O–H groups in total. The van der Waals surface area contributed by atoms with Crippen molar-refractivity contribution in [2.24, 2.45) is 17.6 Å². The minimum Gasteiger partial charge on any atom is -0.419 e. The van der Waals surface area contributed by atoms with Gasteiger partial charge in [-0.3, -0.25) is 9.10 Å². The minimum absolute atomic E-state index is 0.0211. The summed E-state index contributed by atoms with van der Waals surface area (Å²) in [5.41, 5.74) is 6.82. The van der Waals surface area contributed by atoms with Crippen LogP contribution in [0.1, 0.15) is 48.3 Å². The van der Waals surface area contributed by atoms with Gasteiger partial charge in [-0.15, -0.1) is 20.4 Å². The molecule has 0 amide bonds. The van der Waals surface area contributed by atoms with Gasteiger partial charge in [-0.1, -0.05) is 48.9 Å². The molecule has 228 valence electrons. The summed E-state index contributed by atoms with van der Waals surface area (Å²) in [4.78, 5) is 19.5. The van der Waals surface area contributed by atoms with Crippen molar-refractivity contribution in [3.8, 4) is 11.5 Å². The fourth-order valence-corrected chi connectivity index (χ4v) is 5.47. The number of sulfonamides is 1. The Balaban J connectivity index is 1.57. The molecule has 0 unspecified atom stereocenters. The molecule has 43 heavy (non-hydrogen) atoms. The normalized spacial score (nSPS) is 17.8. The van der Waals surface area contributed by atoms with Gasteiger partial charge >= 0.3 is 0 Å². The summed E-state index contributed by atoms with van der Waals surface area (Å²) >= 11 is 6.77. The molecule has 5 rings (SSSR count). The number of Topliss-reactive ketones (excluding diaryl/α,β-unsaturated/α-hetero) is 1. The molecule has 3 heterocycles. The van der Waals surface area contributed by atoms with Crippen LogP contribution >= 0.6 is 11.6 Å². The predicted octanol–water partition coefficient (Wildman–Crippen LogP) is 3.63. The monoisotopic (exact) mass is 628 g/mol. The summed E-state index contributed by atoms with van der Waals surface area (Å²) in [6.45, 7) is 5.83. The number of carbonyl (C=O) groups is 1. The Morgan fingerprint density at radius 2 is 1.86 bits per heavy atom. The van der Waals surface area contributed by atoms with Crippen molar-refractivity contribution in [1.82, 2.24) is 25.4 Å². The molecule has 0 spiro atoms. The number of hydrogen-bond acceptors (Lipinski definition) is 12. The molecule has 0 aliphatic heterocycles. The Labute approximate surface area is 254 Å². The molecule has 0 bridgehead atoms. The van der Waals surface area contributed by atoms with Crippen LogP contribution in [0.2, 0.25) is 5.02 Å². The number of nitrogens with zero attached hydrogens (tertiary/aromatic N) is 7. The number of carbonyl (C=O) groups excluding carboxylic acids is 1. The topological polar surface area (TPSA) is 174 Å². The lowest BCUT2D eigenvalue weighted by atomic mass is 9.94. The number of aromatic nitrogens is 5. The summed E-state index contributed by atoms with van der Waals surface area (Å²) in [5, 5.41) is 16.0. The Kier molecular flexibility index (Phi) is 8.29. The van der Waals surface area contributed by atoms with Crippen molar-refractivity contribution in [1.29, 1.82) is 0 Å². The van der Waals surface area contributed by atoms with Gasteiger partial charge < -0.3 is 19.5 Å². The number of nitrogens with two attached hydrogens (primary N) is 1. The van der Waals surface area contributed by atoms with Crippen LogP contribution < -0.4 is 14.9 Å². The maximum absolute atomic E-state index is 13.1. The molecule has 1 saturated carbocycles. The Hall–Kier alpha value is -3.88. The standard InChI is InChI=1S/C28H33ClN8O5S/c1-16-11-19(16)14-37(15-21(38)26-34-32-17(2)41-26)22-12-20(23(29)24(31-22)36(4)43(5,39)40)25-33-35-27(42-25)28(3,30)13-18-9-7-6-8-10-18/h6-10,12,16,19H,11,13-15,30H2,1-5H3/t16-,19+,28-/m1/s1. The maximum Gasteiger partial charge on any atom is 0.285 e. The molecular formula is C28H33ClN8O5S. The Morgan fingerprint density at radius 1 is 1.16 bits per heavy atom. The fourth-order valence-electron chi connectivity index (χ4n) is 4.67. The number of ketones is 1. The second-order valence-corrected chi connectivity index (χ2v) is 13.7. The molecule has 1 aliphatic rings. The van der Waals surface area contributed by atoms with Gasteiger partial charge in [0.05, 0.1) is 28.9 Å². The van der Waals surface area contributed by atoms with Crippen LogP contribution in [0.4, 0.5) is 11.6 Å². The van der Waals surface area contributed by atoms with Crippen LogP contribution in [-0.4, -0.2) is 66.0 Å². The third-order valence-electron chi connectivity index (χ3n) is 7.43. The zero-order valence-electron chi connectivity index (χ0n) is 24.5. The van der Waals surface area contributed by atoms with Crippen LogP contribution in [0.15, 0.2) is 45.2 Å². The molecular weight excluding hydrogens is 596 g/mol. The first-order valence-electron chi connectivity index (χ1n) is 13.6.